The van der Waals surface area contributed by atoms with Gasteiger partial charge in [-0.3, -0.25) is 4.79 Å². The van der Waals surface area contributed by atoms with Gasteiger partial charge in [-0.15, -0.1) is 0 Å². The molecule has 0 spiro atoms. The molecule has 140 valence electrons. The van der Waals surface area contributed by atoms with Gasteiger partial charge in [0.15, 0.2) is 0 Å². The molecule has 0 radical (unpaired) electrons. The van der Waals surface area contributed by atoms with Gasteiger partial charge in [0.1, 0.15) is 0 Å². The molecule has 26 heavy (non-hydrogen) atoms. The molecule has 1 aromatic rings. The Hall–Kier alpha value is -1.68. The second-order valence-corrected chi connectivity index (χ2v) is 9.40. The van der Waals surface area contributed by atoms with E-state index < -0.39 is 10.8 Å². The number of carbonyl (C=O) groups excluding carboxylic acids is 1. The maximum Gasteiger partial charge on any atom is 0.229 e. The van der Waals surface area contributed by atoms with E-state index in [1.807, 2.05) is 36.6 Å². The first-order valence-corrected chi connectivity index (χ1v) is 10.6. The number of hydrogen-bond donors (Lipinski definition) is 0. The highest BCUT2D eigenvalue weighted by atomic mass is 32.2. The number of anilines is 1. The summed E-state index contributed by atoms with van der Waals surface area (Å²) < 4.78 is 13.2. The van der Waals surface area contributed by atoms with Gasteiger partial charge in [0.05, 0.1) is 21.4 Å². The Morgan fingerprint density at radius 2 is 1.85 bits per heavy atom. The van der Waals surface area contributed by atoms with Crippen molar-refractivity contribution in [1.82, 2.24) is 0 Å². The van der Waals surface area contributed by atoms with E-state index in [2.05, 4.69) is 20.8 Å². The van der Waals surface area contributed by atoms with Crippen molar-refractivity contribution in [2.75, 3.05) is 11.9 Å². The van der Waals surface area contributed by atoms with Crippen molar-refractivity contribution in [1.29, 1.82) is 0 Å². The van der Waals surface area contributed by atoms with Crippen molar-refractivity contribution in [3.63, 3.8) is 0 Å². The molecule has 3 rings (SSSR count). The predicted molar refractivity (Wildman–Crippen MR) is 108 cm³/mol. The summed E-state index contributed by atoms with van der Waals surface area (Å²) in [6.07, 6.45) is 3.75. The third-order valence-corrected chi connectivity index (χ3v) is 7.39. The zero-order chi connectivity index (χ0) is 19.1. The van der Waals surface area contributed by atoms with Crippen LogP contribution in [-0.4, -0.2) is 17.2 Å². The molecule has 0 fully saturated rings. The highest BCUT2D eigenvalue weighted by molar-refractivity contribution is 7.88. The second-order valence-electron chi connectivity index (χ2n) is 8.13. The number of para-hydroxylation sites is 1. The molecule has 0 saturated heterocycles. The molecule has 0 unspecified atom stereocenters. The Bertz CT molecular complexity index is 819. The standard InChI is InChI=1S/C22H29NO2S/c1-15-10-12-17-14-26(25)20-9-7-6-8-19(20)23(5)21(24)16(2)11-13-18(15)22(17,3)4/h6-9,14,16H,10-13H2,1-5H3/b17-14-/t16-,26+/m1/s1. The Morgan fingerprint density at radius 3 is 2.58 bits per heavy atom. The monoisotopic (exact) mass is 371 g/mol. The molecule has 2 atom stereocenters. The first-order valence-electron chi connectivity index (χ1n) is 9.41. The van der Waals surface area contributed by atoms with Gasteiger partial charge in [0.25, 0.3) is 0 Å². The summed E-state index contributed by atoms with van der Waals surface area (Å²) in [4.78, 5) is 15.3. The molecule has 2 bridgehead atoms. The lowest BCUT2D eigenvalue weighted by atomic mass is 9.68. The van der Waals surface area contributed by atoms with Gasteiger partial charge in [-0.25, -0.2) is 4.21 Å². The molecule has 3 nitrogen and oxygen atoms in total. The highest BCUT2D eigenvalue weighted by Crippen LogP contribution is 2.47. The van der Waals surface area contributed by atoms with Crippen LogP contribution < -0.4 is 4.90 Å². The van der Waals surface area contributed by atoms with Crippen molar-refractivity contribution in [3.8, 4) is 0 Å². The normalized spacial score (nSPS) is 28.6. The van der Waals surface area contributed by atoms with Crippen LogP contribution in [0, 0.1) is 11.3 Å². The van der Waals surface area contributed by atoms with Crippen LogP contribution in [0.15, 0.2) is 51.3 Å². The number of amides is 1. The first-order chi connectivity index (χ1) is 12.2. The van der Waals surface area contributed by atoms with Gasteiger partial charge >= 0.3 is 0 Å². The number of allylic oxidation sites excluding steroid dienone is 3. The summed E-state index contributed by atoms with van der Waals surface area (Å²) in [7, 11) is 0.525. The van der Waals surface area contributed by atoms with Gasteiger partial charge in [-0.05, 0) is 44.7 Å². The minimum absolute atomic E-state index is 0.0635. The number of rotatable bonds is 0. The Balaban J connectivity index is 2.18. The van der Waals surface area contributed by atoms with Gasteiger partial charge in [-0.2, -0.15) is 0 Å². The van der Waals surface area contributed by atoms with E-state index in [9.17, 15) is 9.00 Å². The van der Waals surface area contributed by atoms with E-state index in [-0.39, 0.29) is 17.2 Å². The zero-order valence-corrected chi connectivity index (χ0v) is 17.3. The fraction of sp³-hybridized carbons (Fsp3) is 0.500. The van der Waals surface area contributed by atoms with Crippen LogP contribution in [0.25, 0.3) is 0 Å². The van der Waals surface area contributed by atoms with Crippen LogP contribution in [-0.2, 0) is 15.6 Å². The summed E-state index contributed by atoms with van der Waals surface area (Å²) in [5.74, 6) is 0.0254. The number of fused-ring (bicyclic) bond motifs is 3. The molecule has 1 amide bonds. The molecule has 4 heteroatoms. The van der Waals surface area contributed by atoms with Gasteiger partial charge < -0.3 is 4.90 Å². The van der Waals surface area contributed by atoms with E-state index in [1.165, 1.54) is 16.7 Å². The van der Waals surface area contributed by atoms with Crippen LogP contribution in [0.2, 0.25) is 0 Å². The minimum Gasteiger partial charge on any atom is -0.314 e. The molecule has 0 aromatic heterocycles. The van der Waals surface area contributed by atoms with Gasteiger partial charge in [0, 0.05) is 23.8 Å². The minimum atomic E-state index is -1.27. The molecule has 2 aliphatic rings. The zero-order valence-electron chi connectivity index (χ0n) is 16.5. The fourth-order valence-electron chi connectivity index (χ4n) is 4.28. The van der Waals surface area contributed by atoms with Crippen molar-refractivity contribution in [2.45, 2.75) is 58.3 Å². The summed E-state index contributed by atoms with van der Waals surface area (Å²) in [6, 6.07) is 7.56. The van der Waals surface area contributed by atoms with Gasteiger partial charge in [0.2, 0.25) is 5.91 Å². The quantitative estimate of drug-likeness (QED) is 0.587. The third-order valence-electron chi connectivity index (χ3n) is 6.11. The van der Waals surface area contributed by atoms with Crippen molar-refractivity contribution in [2.24, 2.45) is 11.3 Å². The third kappa shape index (κ3) is 3.32. The Labute approximate surface area is 159 Å². The van der Waals surface area contributed by atoms with E-state index in [0.717, 1.165) is 31.4 Å². The van der Waals surface area contributed by atoms with Crippen molar-refractivity contribution >= 4 is 22.4 Å². The summed E-state index contributed by atoms with van der Waals surface area (Å²) in [5, 5.41) is 1.94. The van der Waals surface area contributed by atoms with Crippen LogP contribution >= 0.6 is 0 Å². The summed E-state index contributed by atoms with van der Waals surface area (Å²) >= 11 is 0. The number of nitrogens with zero attached hydrogens (tertiary/aromatic N) is 1. The molecular formula is C22H29NO2S. The highest BCUT2D eigenvalue weighted by Gasteiger charge is 2.34. The lowest BCUT2D eigenvalue weighted by Crippen LogP contribution is -2.33. The Morgan fingerprint density at radius 1 is 1.15 bits per heavy atom. The largest absolute Gasteiger partial charge is 0.314 e. The molecular weight excluding hydrogens is 342 g/mol. The van der Waals surface area contributed by atoms with Crippen LogP contribution in [0.1, 0.15) is 53.4 Å². The number of benzene rings is 1. The maximum atomic E-state index is 13.2. The molecule has 1 aliphatic carbocycles. The number of hydrogen-bond acceptors (Lipinski definition) is 2. The number of carbonyl (C=O) groups is 1. The summed E-state index contributed by atoms with van der Waals surface area (Å²) in [6.45, 7) is 8.70. The van der Waals surface area contributed by atoms with E-state index in [4.69, 9.17) is 0 Å². The van der Waals surface area contributed by atoms with Gasteiger partial charge in [-0.1, -0.05) is 49.6 Å². The van der Waals surface area contributed by atoms with E-state index in [0.29, 0.717) is 4.90 Å². The van der Waals surface area contributed by atoms with Crippen LogP contribution in [0.5, 0.6) is 0 Å². The smallest absolute Gasteiger partial charge is 0.229 e. The second kappa shape index (κ2) is 7.15. The van der Waals surface area contributed by atoms with Crippen LogP contribution in [0.4, 0.5) is 5.69 Å². The fourth-order valence-corrected chi connectivity index (χ4v) is 5.70. The average molecular weight is 372 g/mol. The average Bonchev–Trinajstić information content (AvgIpc) is 2.61. The van der Waals surface area contributed by atoms with Crippen molar-refractivity contribution < 1.29 is 9.00 Å². The van der Waals surface area contributed by atoms with E-state index in [1.54, 1.807) is 11.9 Å². The molecule has 1 aliphatic heterocycles. The molecule has 0 saturated carbocycles. The lowest BCUT2D eigenvalue weighted by Gasteiger charge is -2.38. The lowest BCUT2D eigenvalue weighted by molar-refractivity contribution is -0.121. The van der Waals surface area contributed by atoms with Crippen LogP contribution in [0.3, 0.4) is 0 Å². The molecule has 1 aromatic carbocycles. The maximum absolute atomic E-state index is 13.2. The predicted octanol–water partition coefficient (Wildman–Crippen LogP) is 5.21. The summed E-state index contributed by atoms with van der Waals surface area (Å²) in [5.41, 5.74) is 4.77. The molecule has 0 N–H and O–H groups in total. The Kier molecular flexibility index (Phi) is 5.25. The van der Waals surface area contributed by atoms with E-state index >= 15 is 0 Å². The SMILES string of the molecule is CC1=C2CC[C@@H](C)C(=O)N(C)c3ccccc3[S@@](=O)/C=C(/CC1)C2(C)C. The topological polar surface area (TPSA) is 37.4 Å². The first kappa shape index (κ1) is 19.1. The van der Waals surface area contributed by atoms with Crippen molar-refractivity contribution in [3.05, 3.63) is 46.4 Å². The molecule has 1 heterocycles.